The van der Waals surface area contributed by atoms with E-state index in [1.54, 1.807) is 0 Å². The SMILES string of the molecule is CCC(=CNS(=O)(=O)C(F)(F)C(F)(CC)C(F)(F)C(F)(F)C(F)(F)C(F)(F)C(F)(F)C(F)(F)F)C(=O)O. The zero-order valence-corrected chi connectivity index (χ0v) is 18.4. The zero-order valence-electron chi connectivity index (χ0n) is 17.6. The van der Waals surface area contributed by atoms with Crippen LogP contribution in [-0.2, 0) is 14.8 Å². The number of sulfonamides is 1. The van der Waals surface area contributed by atoms with Crippen molar-refractivity contribution >= 4 is 16.0 Å². The van der Waals surface area contributed by atoms with Crippen LogP contribution >= 0.6 is 0 Å². The highest BCUT2D eigenvalue weighted by molar-refractivity contribution is 7.90. The van der Waals surface area contributed by atoms with Crippen LogP contribution in [0.2, 0.25) is 0 Å². The van der Waals surface area contributed by atoms with Crippen LogP contribution < -0.4 is 4.72 Å². The summed E-state index contributed by atoms with van der Waals surface area (Å²) in [6, 6.07) is 0. The van der Waals surface area contributed by atoms with Gasteiger partial charge in [0.05, 0.1) is 5.57 Å². The zero-order chi connectivity index (χ0) is 30.5. The van der Waals surface area contributed by atoms with Crippen LogP contribution in [0.5, 0.6) is 0 Å². The van der Waals surface area contributed by atoms with Crippen LogP contribution in [-0.4, -0.2) is 66.2 Å². The number of aliphatic carboxylic acids is 1. The summed E-state index contributed by atoms with van der Waals surface area (Å²) in [6.45, 7) is 0.560. The van der Waals surface area contributed by atoms with Gasteiger partial charge >= 0.3 is 57.0 Å². The second-order valence-electron chi connectivity index (χ2n) is 6.99. The van der Waals surface area contributed by atoms with Crippen molar-refractivity contribution in [2.75, 3.05) is 0 Å². The summed E-state index contributed by atoms with van der Waals surface area (Å²) >= 11 is 0. The Morgan fingerprint density at radius 2 is 1.05 bits per heavy atom. The van der Waals surface area contributed by atoms with Gasteiger partial charge in [-0.2, -0.15) is 65.9 Å². The van der Waals surface area contributed by atoms with E-state index in [0.717, 1.165) is 6.92 Å². The van der Waals surface area contributed by atoms with Gasteiger partial charge in [-0.15, -0.1) is 0 Å². The second kappa shape index (κ2) is 9.54. The molecular formula is C15H13F16NO4S. The van der Waals surface area contributed by atoms with Gasteiger partial charge in [-0.25, -0.2) is 17.6 Å². The molecule has 0 bridgehead atoms. The summed E-state index contributed by atoms with van der Waals surface area (Å²) in [5, 5.41) is 1.53. The van der Waals surface area contributed by atoms with Crippen molar-refractivity contribution in [3.05, 3.63) is 11.8 Å². The van der Waals surface area contributed by atoms with Crippen LogP contribution in [0, 0.1) is 0 Å². The maximum absolute atomic E-state index is 14.8. The Balaban J connectivity index is 7.12. The van der Waals surface area contributed by atoms with Crippen molar-refractivity contribution < 1.29 is 88.6 Å². The van der Waals surface area contributed by atoms with E-state index in [2.05, 4.69) is 0 Å². The molecule has 1 atom stereocenters. The standard InChI is InChI=1S/C15H13F16NO4S/c1-3-6(7(33)34)5-32-37(35,36)15(30,31)8(16,4-2)9(17,18)10(19,20)11(21,22)12(23,24)13(25,26)14(27,28)29/h5,32H,3-4H2,1-2H3,(H,33,34). The third-order valence-corrected chi connectivity index (χ3v) is 6.19. The first kappa shape index (κ1) is 34.8. The Labute approximate surface area is 195 Å². The van der Waals surface area contributed by atoms with E-state index in [9.17, 15) is 83.5 Å². The lowest BCUT2D eigenvalue weighted by Crippen LogP contribution is -2.76. The van der Waals surface area contributed by atoms with Crippen molar-refractivity contribution in [3.63, 3.8) is 0 Å². The molecule has 220 valence electrons. The van der Waals surface area contributed by atoms with Gasteiger partial charge in [0, 0.05) is 6.20 Å². The van der Waals surface area contributed by atoms with Gasteiger partial charge in [-0.1, -0.05) is 13.8 Å². The number of carboxylic acid groups (broad SMARTS) is 1. The predicted molar refractivity (Wildman–Crippen MR) is 87.9 cm³/mol. The van der Waals surface area contributed by atoms with E-state index < -0.39 is 87.3 Å². The molecular weight excluding hydrogens is 594 g/mol. The molecule has 0 aliphatic carbocycles. The van der Waals surface area contributed by atoms with Crippen molar-refractivity contribution in [3.8, 4) is 0 Å². The molecule has 0 aromatic heterocycles. The Morgan fingerprint density at radius 3 is 1.35 bits per heavy atom. The van der Waals surface area contributed by atoms with Crippen molar-refractivity contribution in [1.29, 1.82) is 0 Å². The summed E-state index contributed by atoms with van der Waals surface area (Å²) in [6.07, 6.45) is -12.0. The molecule has 0 aliphatic heterocycles. The average molecular weight is 607 g/mol. The topological polar surface area (TPSA) is 83.5 Å². The molecule has 1 unspecified atom stereocenters. The van der Waals surface area contributed by atoms with Gasteiger partial charge in [0.15, 0.2) is 0 Å². The van der Waals surface area contributed by atoms with Crippen LogP contribution in [0.15, 0.2) is 11.8 Å². The van der Waals surface area contributed by atoms with E-state index in [0.29, 0.717) is 4.72 Å². The number of alkyl halides is 16. The van der Waals surface area contributed by atoms with E-state index in [1.165, 1.54) is 0 Å². The Hall–Kier alpha value is -2.16. The van der Waals surface area contributed by atoms with Gasteiger partial charge in [-0.05, 0) is 12.8 Å². The molecule has 22 heteroatoms. The minimum Gasteiger partial charge on any atom is -0.478 e. The molecule has 5 nitrogen and oxygen atoms in total. The quantitative estimate of drug-likeness (QED) is 0.219. The lowest BCUT2D eigenvalue weighted by atomic mass is 9.84. The van der Waals surface area contributed by atoms with E-state index in [4.69, 9.17) is 5.11 Å². The van der Waals surface area contributed by atoms with Crippen molar-refractivity contribution in [2.45, 2.75) is 73.4 Å². The highest BCUT2D eigenvalue weighted by Gasteiger charge is 2.95. The Morgan fingerprint density at radius 1 is 0.703 bits per heavy atom. The fourth-order valence-electron chi connectivity index (χ4n) is 2.38. The van der Waals surface area contributed by atoms with E-state index in [-0.39, 0.29) is 6.92 Å². The fraction of sp³-hybridized carbons (Fsp3) is 0.800. The van der Waals surface area contributed by atoms with Crippen LogP contribution in [0.3, 0.4) is 0 Å². The summed E-state index contributed by atoms with van der Waals surface area (Å²) in [4.78, 5) is 10.7. The van der Waals surface area contributed by atoms with Crippen LogP contribution in [0.25, 0.3) is 0 Å². The maximum Gasteiger partial charge on any atom is 0.460 e. The predicted octanol–water partition coefficient (Wildman–Crippen LogP) is 5.73. The minimum absolute atomic E-state index is 0.363. The van der Waals surface area contributed by atoms with Crippen molar-refractivity contribution in [2.24, 2.45) is 0 Å². The van der Waals surface area contributed by atoms with Crippen molar-refractivity contribution in [1.82, 2.24) is 4.72 Å². The fourth-order valence-corrected chi connectivity index (χ4v) is 3.52. The first-order chi connectivity index (χ1) is 15.9. The normalized spacial score (nSPS) is 17.4. The van der Waals surface area contributed by atoms with Crippen LogP contribution in [0.1, 0.15) is 26.7 Å². The average Bonchev–Trinajstić information content (AvgIpc) is 2.71. The molecule has 0 aliphatic rings. The Kier molecular flexibility index (Phi) is 8.99. The van der Waals surface area contributed by atoms with Gasteiger partial charge in [0.25, 0.3) is 5.67 Å². The number of halogens is 16. The molecule has 0 heterocycles. The Bertz CT molecular complexity index is 1000. The molecule has 0 amide bonds. The summed E-state index contributed by atoms with van der Waals surface area (Å²) < 4.78 is 239. The summed E-state index contributed by atoms with van der Waals surface area (Å²) in [5.41, 5.74) is -8.09. The lowest BCUT2D eigenvalue weighted by molar-refractivity contribution is -0.450. The van der Waals surface area contributed by atoms with E-state index in [1.807, 2.05) is 0 Å². The minimum atomic E-state index is -8.67. The molecule has 37 heavy (non-hydrogen) atoms. The molecule has 0 radical (unpaired) electrons. The molecule has 2 N–H and O–H groups in total. The van der Waals surface area contributed by atoms with Gasteiger partial charge in [-0.3, -0.25) is 4.72 Å². The molecule has 0 aromatic rings. The summed E-state index contributed by atoms with van der Waals surface area (Å²) in [7, 11) is -7.22. The molecule has 0 saturated carbocycles. The largest absolute Gasteiger partial charge is 0.478 e. The molecule has 0 saturated heterocycles. The number of carbonyl (C=O) groups is 1. The molecule has 0 spiro atoms. The lowest BCUT2D eigenvalue weighted by Gasteiger charge is -2.45. The summed E-state index contributed by atoms with van der Waals surface area (Å²) in [5.74, 6) is -44.2. The molecule has 0 fully saturated rings. The van der Waals surface area contributed by atoms with Gasteiger partial charge in [0.1, 0.15) is 0 Å². The second-order valence-corrected chi connectivity index (χ2v) is 8.75. The number of hydrogen-bond acceptors (Lipinski definition) is 3. The van der Waals surface area contributed by atoms with Gasteiger partial charge in [0.2, 0.25) is 0 Å². The molecule has 0 aromatic carbocycles. The number of hydrogen-bond donors (Lipinski definition) is 2. The van der Waals surface area contributed by atoms with E-state index >= 15 is 0 Å². The van der Waals surface area contributed by atoms with Crippen LogP contribution in [0.4, 0.5) is 70.2 Å². The smallest absolute Gasteiger partial charge is 0.460 e. The third-order valence-electron chi connectivity index (χ3n) is 4.76. The third kappa shape index (κ3) is 4.77. The molecule has 0 rings (SSSR count). The first-order valence-electron chi connectivity index (χ1n) is 8.89. The number of nitrogens with one attached hydrogen (secondary N) is 1. The highest BCUT2D eigenvalue weighted by atomic mass is 32.2. The highest BCUT2D eigenvalue weighted by Crippen LogP contribution is 2.64. The number of carboxylic acids is 1. The monoisotopic (exact) mass is 607 g/mol. The number of rotatable bonds is 12. The van der Waals surface area contributed by atoms with Gasteiger partial charge < -0.3 is 5.11 Å². The maximum atomic E-state index is 14.8. The first-order valence-corrected chi connectivity index (χ1v) is 10.4.